The van der Waals surface area contributed by atoms with Crippen LogP contribution in [0.5, 0.6) is 0 Å². The van der Waals surface area contributed by atoms with Crippen LogP contribution in [0, 0.1) is 16.7 Å². The minimum atomic E-state index is -0.00153. The van der Waals surface area contributed by atoms with E-state index in [-0.39, 0.29) is 17.5 Å². The van der Waals surface area contributed by atoms with Crippen LogP contribution in [-0.2, 0) is 9.53 Å². The van der Waals surface area contributed by atoms with Crippen LogP contribution in [0.1, 0.15) is 47.0 Å². The van der Waals surface area contributed by atoms with E-state index in [0.717, 1.165) is 6.42 Å². The van der Waals surface area contributed by atoms with Crippen molar-refractivity contribution in [2.45, 2.75) is 53.1 Å². The van der Waals surface area contributed by atoms with Gasteiger partial charge in [-0.1, -0.05) is 27.7 Å². The molecule has 2 nitrogen and oxygen atoms in total. The number of hydrogen-bond acceptors (Lipinski definition) is 2. The van der Waals surface area contributed by atoms with E-state index in [0.29, 0.717) is 17.8 Å². The number of rotatable bonds is 0. The standard InChI is InChI=1S/C12H20O2/c1-8-10-11(2,3)7-12(8,4)6-5-9(13)14-10/h8,10H,5-7H2,1-4H3/t8-,10-,12-/m1/s1. The second-order valence-corrected chi connectivity index (χ2v) is 6.02. The van der Waals surface area contributed by atoms with Crippen LogP contribution in [0.4, 0.5) is 0 Å². The lowest BCUT2D eigenvalue weighted by Crippen LogP contribution is -2.32. The molecule has 0 radical (unpaired) electrons. The quantitative estimate of drug-likeness (QED) is 0.557. The van der Waals surface area contributed by atoms with Crippen molar-refractivity contribution < 1.29 is 9.53 Å². The molecule has 2 rings (SSSR count). The second-order valence-electron chi connectivity index (χ2n) is 6.02. The van der Waals surface area contributed by atoms with E-state index in [1.54, 1.807) is 0 Å². The zero-order valence-corrected chi connectivity index (χ0v) is 9.59. The molecule has 2 aliphatic rings. The van der Waals surface area contributed by atoms with Crippen molar-refractivity contribution in [1.82, 2.24) is 0 Å². The largest absolute Gasteiger partial charge is 0.461 e. The first-order valence-electron chi connectivity index (χ1n) is 5.55. The molecule has 1 aliphatic heterocycles. The summed E-state index contributed by atoms with van der Waals surface area (Å²) < 4.78 is 5.56. The zero-order chi connectivity index (χ0) is 10.6. The molecule has 0 aromatic heterocycles. The Hall–Kier alpha value is -0.530. The maximum Gasteiger partial charge on any atom is 0.306 e. The molecule has 1 aliphatic carbocycles. The van der Waals surface area contributed by atoms with Gasteiger partial charge in [-0.3, -0.25) is 4.79 Å². The summed E-state index contributed by atoms with van der Waals surface area (Å²) in [6.45, 7) is 8.98. The normalized spacial score (nSPS) is 45.9. The van der Waals surface area contributed by atoms with Crippen LogP contribution in [0.3, 0.4) is 0 Å². The van der Waals surface area contributed by atoms with E-state index in [1.165, 1.54) is 6.42 Å². The summed E-state index contributed by atoms with van der Waals surface area (Å²) in [4.78, 5) is 11.4. The molecule has 0 aromatic rings. The smallest absolute Gasteiger partial charge is 0.306 e. The van der Waals surface area contributed by atoms with Crippen molar-refractivity contribution in [3.8, 4) is 0 Å². The highest BCUT2D eigenvalue weighted by atomic mass is 16.5. The Labute approximate surface area is 86.0 Å². The number of fused-ring (bicyclic) bond motifs is 2. The van der Waals surface area contributed by atoms with Crippen molar-refractivity contribution in [3.63, 3.8) is 0 Å². The molecule has 1 saturated carbocycles. The van der Waals surface area contributed by atoms with Gasteiger partial charge in [0.05, 0.1) is 0 Å². The van der Waals surface area contributed by atoms with E-state index >= 15 is 0 Å². The summed E-state index contributed by atoms with van der Waals surface area (Å²) in [6, 6.07) is 0. The van der Waals surface area contributed by atoms with E-state index in [4.69, 9.17) is 4.74 Å². The van der Waals surface area contributed by atoms with Crippen molar-refractivity contribution in [2.75, 3.05) is 0 Å². The van der Waals surface area contributed by atoms with Gasteiger partial charge in [0.15, 0.2) is 0 Å². The highest BCUT2D eigenvalue weighted by Crippen LogP contribution is 2.57. The summed E-state index contributed by atoms with van der Waals surface area (Å²) in [5.41, 5.74) is 0.463. The monoisotopic (exact) mass is 196 g/mol. The van der Waals surface area contributed by atoms with Gasteiger partial charge in [-0.25, -0.2) is 0 Å². The highest BCUT2D eigenvalue weighted by Gasteiger charge is 2.55. The lowest BCUT2D eigenvalue weighted by atomic mass is 9.76. The van der Waals surface area contributed by atoms with Crippen molar-refractivity contribution in [3.05, 3.63) is 0 Å². The lowest BCUT2D eigenvalue weighted by Gasteiger charge is -2.29. The number of carbonyl (C=O) groups excluding carboxylic acids is 1. The molecule has 1 heterocycles. The molecule has 0 unspecified atom stereocenters. The van der Waals surface area contributed by atoms with Crippen LogP contribution in [0.25, 0.3) is 0 Å². The molecule has 14 heavy (non-hydrogen) atoms. The van der Waals surface area contributed by atoms with Crippen molar-refractivity contribution in [2.24, 2.45) is 16.7 Å². The summed E-state index contributed by atoms with van der Waals surface area (Å²) >= 11 is 0. The third kappa shape index (κ3) is 1.27. The van der Waals surface area contributed by atoms with Gasteiger partial charge in [-0.2, -0.15) is 0 Å². The predicted molar refractivity (Wildman–Crippen MR) is 54.8 cm³/mol. The molecule has 2 fully saturated rings. The number of hydrogen-bond donors (Lipinski definition) is 0. The zero-order valence-electron chi connectivity index (χ0n) is 9.59. The van der Waals surface area contributed by atoms with Gasteiger partial charge in [0, 0.05) is 11.8 Å². The summed E-state index contributed by atoms with van der Waals surface area (Å²) in [6.07, 6.45) is 2.90. The van der Waals surface area contributed by atoms with Crippen LogP contribution >= 0.6 is 0 Å². The first kappa shape index (κ1) is 10.0. The molecule has 2 heteroatoms. The summed E-state index contributed by atoms with van der Waals surface area (Å²) in [5.74, 6) is 0.502. The third-order valence-electron chi connectivity index (χ3n) is 4.34. The number of carbonyl (C=O) groups is 1. The molecule has 80 valence electrons. The molecule has 1 saturated heterocycles. The van der Waals surface area contributed by atoms with Gasteiger partial charge < -0.3 is 4.74 Å². The Kier molecular flexibility index (Phi) is 1.96. The maximum atomic E-state index is 11.4. The molecule has 2 bridgehead atoms. The van der Waals surface area contributed by atoms with Crippen LogP contribution < -0.4 is 0 Å². The van der Waals surface area contributed by atoms with E-state index in [9.17, 15) is 4.79 Å². The Balaban J connectivity index is 2.36. The average molecular weight is 196 g/mol. The maximum absolute atomic E-state index is 11.4. The van der Waals surface area contributed by atoms with Crippen LogP contribution in [0.15, 0.2) is 0 Å². The Bertz CT molecular complexity index is 269. The van der Waals surface area contributed by atoms with Gasteiger partial charge >= 0.3 is 5.97 Å². The fraction of sp³-hybridized carbons (Fsp3) is 0.917. The van der Waals surface area contributed by atoms with Crippen molar-refractivity contribution >= 4 is 5.97 Å². The van der Waals surface area contributed by atoms with Gasteiger partial charge in [0.1, 0.15) is 6.10 Å². The first-order chi connectivity index (χ1) is 6.35. The second kappa shape index (κ2) is 2.74. The number of esters is 1. The van der Waals surface area contributed by atoms with E-state index in [2.05, 4.69) is 27.7 Å². The van der Waals surface area contributed by atoms with E-state index < -0.39 is 0 Å². The van der Waals surface area contributed by atoms with Crippen LogP contribution in [-0.4, -0.2) is 12.1 Å². The Morgan fingerprint density at radius 1 is 1.36 bits per heavy atom. The van der Waals surface area contributed by atoms with Gasteiger partial charge in [-0.15, -0.1) is 0 Å². The van der Waals surface area contributed by atoms with Crippen LogP contribution in [0.2, 0.25) is 0 Å². The van der Waals surface area contributed by atoms with Gasteiger partial charge in [0.2, 0.25) is 0 Å². The Morgan fingerprint density at radius 3 is 2.64 bits per heavy atom. The fourth-order valence-electron chi connectivity index (χ4n) is 3.51. The molecular formula is C12H20O2. The molecule has 0 amide bonds. The minimum absolute atomic E-state index is 0.00153. The third-order valence-corrected chi connectivity index (χ3v) is 4.34. The highest BCUT2D eigenvalue weighted by molar-refractivity contribution is 5.70. The number of ether oxygens (including phenoxy) is 1. The molecule has 0 N–H and O–H groups in total. The first-order valence-corrected chi connectivity index (χ1v) is 5.55. The van der Waals surface area contributed by atoms with Gasteiger partial charge in [-0.05, 0) is 24.2 Å². The SMILES string of the molecule is C[C@@H]1[C@H]2OC(=O)CC[C@]1(C)CC2(C)C. The van der Waals surface area contributed by atoms with Gasteiger partial charge in [0.25, 0.3) is 0 Å². The molecular weight excluding hydrogens is 176 g/mol. The molecule has 0 aromatic carbocycles. The minimum Gasteiger partial charge on any atom is -0.461 e. The van der Waals surface area contributed by atoms with Crippen molar-refractivity contribution in [1.29, 1.82) is 0 Å². The Morgan fingerprint density at radius 2 is 2.00 bits per heavy atom. The molecule has 0 spiro atoms. The van der Waals surface area contributed by atoms with E-state index in [1.807, 2.05) is 0 Å². The topological polar surface area (TPSA) is 26.3 Å². The fourth-order valence-corrected chi connectivity index (χ4v) is 3.51. The summed E-state index contributed by atoms with van der Waals surface area (Å²) in [7, 11) is 0. The summed E-state index contributed by atoms with van der Waals surface area (Å²) in [5, 5.41) is 0. The average Bonchev–Trinajstić information content (AvgIpc) is 2.18. The molecule has 3 atom stereocenters. The lowest BCUT2D eigenvalue weighted by molar-refractivity contribution is -0.154. The predicted octanol–water partition coefficient (Wildman–Crippen LogP) is 2.76.